The van der Waals surface area contributed by atoms with E-state index in [-0.39, 0.29) is 11.8 Å². The van der Waals surface area contributed by atoms with Gasteiger partial charge in [0.2, 0.25) is 5.91 Å². The first-order valence-electron chi connectivity index (χ1n) is 5.52. The summed E-state index contributed by atoms with van der Waals surface area (Å²) in [7, 11) is 0. The maximum Gasteiger partial charge on any atom is 0.225 e. The first-order chi connectivity index (χ1) is 7.75. The van der Waals surface area contributed by atoms with Crippen LogP contribution in [0.2, 0.25) is 0 Å². The Morgan fingerprint density at radius 1 is 1.75 bits per heavy atom. The Kier molecular flexibility index (Phi) is 3.90. The van der Waals surface area contributed by atoms with Gasteiger partial charge in [0, 0.05) is 30.6 Å². The molecular formula is C11H16N2O2S. The number of thiazole rings is 1. The molecule has 1 N–H and O–H groups in total. The Labute approximate surface area is 99.0 Å². The van der Waals surface area contributed by atoms with Crippen LogP contribution in [0.1, 0.15) is 17.1 Å². The van der Waals surface area contributed by atoms with Crippen molar-refractivity contribution in [3.8, 4) is 0 Å². The van der Waals surface area contributed by atoms with E-state index in [0.29, 0.717) is 19.8 Å². The number of nitrogens with zero attached hydrogens (tertiary/aromatic N) is 1. The molecule has 2 rings (SSSR count). The Bertz CT molecular complexity index is 359. The summed E-state index contributed by atoms with van der Waals surface area (Å²) in [6.45, 7) is 3.93. The summed E-state index contributed by atoms with van der Waals surface area (Å²) in [5.41, 5.74) is 1.05. The van der Waals surface area contributed by atoms with Gasteiger partial charge in [0.15, 0.2) is 0 Å². The van der Waals surface area contributed by atoms with Gasteiger partial charge in [-0.05, 0) is 13.3 Å². The second-order valence-electron chi connectivity index (χ2n) is 3.98. The Hall–Kier alpha value is -0.940. The van der Waals surface area contributed by atoms with Crippen molar-refractivity contribution in [2.45, 2.75) is 19.8 Å². The zero-order valence-corrected chi connectivity index (χ0v) is 10.2. The quantitative estimate of drug-likeness (QED) is 0.859. The molecule has 2 heterocycles. The van der Waals surface area contributed by atoms with Crippen molar-refractivity contribution >= 4 is 17.2 Å². The van der Waals surface area contributed by atoms with E-state index in [1.54, 1.807) is 11.3 Å². The van der Waals surface area contributed by atoms with Crippen molar-refractivity contribution in [2.75, 3.05) is 19.8 Å². The summed E-state index contributed by atoms with van der Waals surface area (Å²) in [5.74, 6) is 0.170. The minimum Gasteiger partial charge on any atom is -0.381 e. The number of amides is 1. The number of ether oxygens (including phenoxy) is 1. The fourth-order valence-electron chi connectivity index (χ4n) is 1.70. The molecule has 1 aliphatic rings. The van der Waals surface area contributed by atoms with Gasteiger partial charge >= 0.3 is 0 Å². The van der Waals surface area contributed by atoms with Crippen molar-refractivity contribution in [1.82, 2.24) is 10.3 Å². The molecule has 1 amide bonds. The lowest BCUT2D eigenvalue weighted by molar-refractivity contribution is -0.124. The molecule has 1 fully saturated rings. The molecule has 0 bridgehead atoms. The fourth-order valence-corrected chi connectivity index (χ4v) is 2.47. The summed E-state index contributed by atoms with van der Waals surface area (Å²) < 4.78 is 5.18. The Balaban J connectivity index is 1.69. The van der Waals surface area contributed by atoms with Gasteiger partial charge in [-0.1, -0.05) is 0 Å². The van der Waals surface area contributed by atoms with Crippen LogP contribution in [0.5, 0.6) is 0 Å². The van der Waals surface area contributed by atoms with Crippen LogP contribution < -0.4 is 5.32 Å². The minimum atomic E-state index is 0.0537. The molecule has 0 spiro atoms. The zero-order chi connectivity index (χ0) is 11.4. The minimum absolute atomic E-state index is 0.0537. The van der Waals surface area contributed by atoms with Crippen LogP contribution in [0, 0.1) is 12.8 Å². The van der Waals surface area contributed by atoms with Gasteiger partial charge in [0.05, 0.1) is 17.5 Å². The van der Waals surface area contributed by atoms with Crippen LogP contribution in [0.25, 0.3) is 0 Å². The van der Waals surface area contributed by atoms with E-state index in [1.807, 2.05) is 12.3 Å². The van der Waals surface area contributed by atoms with Crippen LogP contribution in [-0.2, 0) is 16.0 Å². The molecule has 1 saturated heterocycles. The van der Waals surface area contributed by atoms with Crippen molar-refractivity contribution in [1.29, 1.82) is 0 Å². The molecule has 0 aliphatic carbocycles. The molecule has 1 aromatic heterocycles. The van der Waals surface area contributed by atoms with Crippen molar-refractivity contribution in [3.63, 3.8) is 0 Å². The monoisotopic (exact) mass is 240 g/mol. The van der Waals surface area contributed by atoms with E-state index in [9.17, 15) is 4.79 Å². The van der Waals surface area contributed by atoms with Crippen molar-refractivity contribution in [2.24, 2.45) is 5.92 Å². The first-order valence-corrected chi connectivity index (χ1v) is 6.40. The maximum atomic E-state index is 11.6. The molecule has 1 atom stereocenters. The zero-order valence-electron chi connectivity index (χ0n) is 9.36. The largest absolute Gasteiger partial charge is 0.381 e. The van der Waals surface area contributed by atoms with Gasteiger partial charge < -0.3 is 10.1 Å². The smallest absolute Gasteiger partial charge is 0.225 e. The second kappa shape index (κ2) is 5.41. The maximum absolute atomic E-state index is 11.6. The average molecular weight is 240 g/mol. The van der Waals surface area contributed by atoms with Crippen LogP contribution in [-0.4, -0.2) is 30.6 Å². The van der Waals surface area contributed by atoms with Crippen LogP contribution in [0.4, 0.5) is 0 Å². The van der Waals surface area contributed by atoms with E-state index in [2.05, 4.69) is 10.3 Å². The Morgan fingerprint density at radius 2 is 2.62 bits per heavy atom. The fraction of sp³-hybridized carbons (Fsp3) is 0.636. The summed E-state index contributed by atoms with van der Waals surface area (Å²) >= 11 is 1.65. The highest BCUT2D eigenvalue weighted by atomic mass is 32.1. The van der Waals surface area contributed by atoms with Crippen molar-refractivity contribution < 1.29 is 9.53 Å². The van der Waals surface area contributed by atoms with Crippen LogP contribution in [0.15, 0.2) is 5.38 Å². The predicted molar refractivity (Wildman–Crippen MR) is 62.5 cm³/mol. The van der Waals surface area contributed by atoms with Gasteiger partial charge in [-0.3, -0.25) is 4.79 Å². The summed E-state index contributed by atoms with van der Waals surface area (Å²) in [6, 6.07) is 0. The average Bonchev–Trinajstić information content (AvgIpc) is 2.89. The molecule has 0 radical (unpaired) electrons. The first kappa shape index (κ1) is 11.5. The molecule has 0 unspecified atom stereocenters. The molecule has 0 aromatic carbocycles. The molecular weight excluding hydrogens is 224 g/mol. The SMILES string of the molecule is Cc1csc(CCNC(=O)[C@@H]2CCOC2)n1. The standard InChI is InChI=1S/C11H16N2O2S/c1-8-7-16-10(13-8)2-4-12-11(14)9-3-5-15-6-9/h7,9H,2-6H2,1H3,(H,12,14)/t9-/m1/s1. The molecule has 4 nitrogen and oxygen atoms in total. The lowest BCUT2D eigenvalue weighted by Gasteiger charge is -2.07. The van der Waals surface area contributed by atoms with Gasteiger partial charge in [-0.15, -0.1) is 11.3 Å². The molecule has 88 valence electrons. The molecule has 1 aromatic rings. The summed E-state index contributed by atoms with van der Waals surface area (Å²) in [4.78, 5) is 16.0. The van der Waals surface area contributed by atoms with E-state index in [4.69, 9.17) is 4.74 Å². The number of aryl methyl sites for hydroxylation is 1. The van der Waals surface area contributed by atoms with Gasteiger partial charge in [0.25, 0.3) is 0 Å². The molecule has 0 saturated carbocycles. The van der Waals surface area contributed by atoms with Gasteiger partial charge in [0.1, 0.15) is 0 Å². The third kappa shape index (κ3) is 3.02. The molecule has 16 heavy (non-hydrogen) atoms. The summed E-state index contributed by atoms with van der Waals surface area (Å²) in [5, 5.41) is 6.04. The summed E-state index contributed by atoms with van der Waals surface area (Å²) in [6.07, 6.45) is 1.67. The predicted octanol–water partition coefficient (Wildman–Crippen LogP) is 1.15. The van der Waals surface area contributed by atoms with E-state index in [0.717, 1.165) is 23.5 Å². The third-order valence-electron chi connectivity index (χ3n) is 2.61. The number of rotatable bonds is 4. The number of carbonyl (C=O) groups excluding carboxylic acids is 1. The third-order valence-corrected chi connectivity index (χ3v) is 3.63. The lowest BCUT2D eigenvalue weighted by Crippen LogP contribution is -2.32. The number of hydrogen-bond acceptors (Lipinski definition) is 4. The van der Waals surface area contributed by atoms with E-state index in [1.165, 1.54) is 0 Å². The highest BCUT2D eigenvalue weighted by Gasteiger charge is 2.22. The Morgan fingerprint density at radius 3 is 3.25 bits per heavy atom. The number of carbonyl (C=O) groups is 1. The highest BCUT2D eigenvalue weighted by Crippen LogP contribution is 2.12. The van der Waals surface area contributed by atoms with E-state index >= 15 is 0 Å². The molecule has 1 aliphatic heterocycles. The van der Waals surface area contributed by atoms with Gasteiger partial charge in [-0.2, -0.15) is 0 Å². The van der Waals surface area contributed by atoms with Crippen molar-refractivity contribution in [3.05, 3.63) is 16.1 Å². The van der Waals surface area contributed by atoms with E-state index < -0.39 is 0 Å². The normalized spacial score (nSPS) is 19.9. The number of aromatic nitrogens is 1. The molecule has 5 heteroatoms. The second-order valence-corrected chi connectivity index (χ2v) is 4.93. The highest BCUT2D eigenvalue weighted by molar-refractivity contribution is 7.09. The lowest BCUT2D eigenvalue weighted by atomic mass is 10.1. The number of hydrogen-bond donors (Lipinski definition) is 1. The number of nitrogens with one attached hydrogen (secondary N) is 1. The van der Waals surface area contributed by atoms with Crippen LogP contribution >= 0.6 is 11.3 Å². The topological polar surface area (TPSA) is 51.2 Å². The van der Waals surface area contributed by atoms with Gasteiger partial charge in [-0.25, -0.2) is 4.98 Å². The van der Waals surface area contributed by atoms with Crippen LogP contribution in [0.3, 0.4) is 0 Å².